The van der Waals surface area contributed by atoms with E-state index in [1.54, 1.807) is 0 Å². The molecule has 0 aromatic rings. The van der Waals surface area contributed by atoms with Gasteiger partial charge >= 0.3 is 6.18 Å². The highest BCUT2D eigenvalue weighted by Gasteiger charge is 2.31. The second kappa shape index (κ2) is 8.07. The molecule has 2 unspecified atom stereocenters. The van der Waals surface area contributed by atoms with Crippen LogP contribution in [0.4, 0.5) is 13.2 Å². The molecule has 1 fully saturated rings. The van der Waals surface area contributed by atoms with Crippen LogP contribution >= 0.6 is 0 Å². The molecule has 1 heterocycles. The van der Waals surface area contributed by atoms with Gasteiger partial charge in [-0.15, -0.1) is 0 Å². The predicted molar refractivity (Wildman–Crippen MR) is 71.0 cm³/mol. The van der Waals surface area contributed by atoms with Crippen molar-refractivity contribution >= 4 is 0 Å². The summed E-state index contributed by atoms with van der Waals surface area (Å²) in [6, 6.07) is -0.0659. The first kappa shape index (κ1) is 16.7. The Hall–Kier alpha value is -0.330. The van der Waals surface area contributed by atoms with Crippen molar-refractivity contribution in [3.05, 3.63) is 0 Å². The van der Waals surface area contributed by atoms with Crippen molar-refractivity contribution in [3.8, 4) is 0 Å². The first-order valence-corrected chi connectivity index (χ1v) is 7.17. The van der Waals surface area contributed by atoms with Crippen molar-refractivity contribution in [3.63, 3.8) is 0 Å². The largest absolute Gasteiger partial charge is 0.401 e. The van der Waals surface area contributed by atoms with Crippen molar-refractivity contribution in [1.29, 1.82) is 0 Å². The molecule has 19 heavy (non-hydrogen) atoms. The number of unbranched alkanes of at least 4 members (excludes halogenated alkanes) is 1. The zero-order valence-corrected chi connectivity index (χ0v) is 11.7. The number of nitrogens with two attached hydrogens (primary N) is 1. The van der Waals surface area contributed by atoms with E-state index in [1.165, 1.54) is 0 Å². The van der Waals surface area contributed by atoms with Crippen LogP contribution in [-0.2, 0) is 0 Å². The summed E-state index contributed by atoms with van der Waals surface area (Å²) in [7, 11) is 0. The Morgan fingerprint density at radius 3 is 2.63 bits per heavy atom. The minimum absolute atomic E-state index is 0.0659. The predicted octanol–water partition coefficient (Wildman–Crippen LogP) is 1.98. The lowest BCUT2D eigenvalue weighted by Gasteiger charge is -2.38. The number of alkyl halides is 3. The first-order valence-electron chi connectivity index (χ1n) is 7.17. The number of halogens is 3. The van der Waals surface area contributed by atoms with E-state index in [-0.39, 0.29) is 6.04 Å². The third kappa shape index (κ3) is 7.13. The number of nitrogens with one attached hydrogen (secondary N) is 1. The highest BCUT2D eigenvalue weighted by atomic mass is 19.4. The van der Waals surface area contributed by atoms with E-state index in [0.717, 1.165) is 38.8 Å². The molecule has 0 bridgehead atoms. The fourth-order valence-electron chi connectivity index (χ4n) is 2.78. The lowest BCUT2D eigenvalue weighted by atomic mass is 9.90. The van der Waals surface area contributed by atoms with Gasteiger partial charge in [-0.3, -0.25) is 0 Å². The molecule has 1 aliphatic rings. The maximum Gasteiger partial charge on any atom is 0.401 e. The summed E-state index contributed by atoms with van der Waals surface area (Å²) in [5, 5.41) is 2.65. The Balaban J connectivity index is 2.44. The van der Waals surface area contributed by atoms with Crippen LogP contribution < -0.4 is 11.1 Å². The number of hydrogen-bond donors (Lipinski definition) is 2. The zero-order valence-electron chi connectivity index (χ0n) is 11.7. The van der Waals surface area contributed by atoms with Crippen LogP contribution in [0.5, 0.6) is 0 Å². The van der Waals surface area contributed by atoms with E-state index in [1.807, 2.05) is 0 Å². The molecule has 1 aliphatic heterocycles. The Bertz CT molecular complexity index is 246. The Kier molecular flexibility index (Phi) is 7.10. The molecule has 0 aromatic carbocycles. The summed E-state index contributed by atoms with van der Waals surface area (Å²) in [4.78, 5) is 2.19. The monoisotopic (exact) mass is 281 g/mol. The number of piperidine rings is 1. The molecular formula is C13H26F3N3. The Morgan fingerprint density at radius 1 is 1.32 bits per heavy atom. The van der Waals surface area contributed by atoms with Gasteiger partial charge in [-0.25, -0.2) is 0 Å². The van der Waals surface area contributed by atoms with Gasteiger partial charge in [0.15, 0.2) is 0 Å². The lowest BCUT2D eigenvalue weighted by Crippen LogP contribution is -2.52. The second-order valence-corrected chi connectivity index (χ2v) is 5.49. The van der Waals surface area contributed by atoms with Gasteiger partial charge in [0.1, 0.15) is 0 Å². The van der Waals surface area contributed by atoms with Gasteiger partial charge in [0, 0.05) is 32.2 Å². The van der Waals surface area contributed by atoms with Crippen molar-refractivity contribution < 1.29 is 13.2 Å². The smallest absolute Gasteiger partial charge is 0.329 e. The maximum absolute atomic E-state index is 12.3. The molecule has 1 rings (SSSR count). The fraction of sp³-hybridized carbons (Fsp3) is 1.00. The summed E-state index contributed by atoms with van der Waals surface area (Å²) >= 11 is 0. The number of likely N-dealkylation sites (tertiary alicyclic amines) is 1. The van der Waals surface area contributed by atoms with Gasteiger partial charge in [-0.2, -0.15) is 13.2 Å². The van der Waals surface area contributed by atoms with Crippen LogP contribution in [0.15, 0.2) is 0 Å². The Labute approximate surface area is 113 Å². The first-order chi connectivity index (χ1) is 8.94. The number of rotatable bonds is 7. The van der Waals surface area contributed by atoms with Gasteiger partial charge in [-0.1, -0.05) is 19.8 Å². The van der Waals surface area contributed by atoms with Gasteiger partial charge in [0.25, 0.3) is 0 Å². The molecule has 3 nitrogen and oxygen atoms in total. The minimum Gasteiger partial charge on any atom is -0.329 e. The second-order valence-electron chi connectivity index (χ2n) is 5.49. The molecule has 0 aromatic heterocycles. The van der Waals surface area contributed by atoms with Crippen LogP contribution in [0.25, 0.3) is 0 Å². The van der Waals surface area contributed by atoms with Crippen LogP contribution in [0.2, 0.25) is 0 Å². The molecule has 0 radical (unpaired) electrons. The van der Waals surface area contributed by atoms with Crippen LogP contribution in [0.3, 0.4) is 0 Å². The molecule has 0 aliphatic carbocycles. The minimum atomic E-state index is -4.13. The number of hydrogen-bond acceptors (Lipinski definition) is 3. The molecule has 3 N–H and O–H groups in total. The van der Waals surface area contributed by atoms with Crippen LogP contribution in [0.1, 0.15) is 32.6 Å². The molecule has 6 heteroatoms. The highest BCUT2D eigenvalue weighted by molar-refractivity contribution is 4.84. The van der Waals surface area contributed by atoms with E-state index < -0.39 is 12.7 Å². The SMILES string of the molecule is CCCCC1CC(NCC(F)(F)F)CN(CCN)C1. The molecule has 0 amide bonds. The van der Waals surface area contributed by atoms with Gasteiger partial charge < -0.3 is 16.0 Å². The topological polar surface area (TPSA) is 41.3 Å². The van der Waals surface area contributed by atoms with E-state index in [2.05, 4.69) is 17.1 Å². The molecule has 0 saturated carbocycles. The lowest BCUT2D eigenvalue weighted by molar-refractivity contribution is -0.127. The normalized spacial score (nSPS) is 25.7. The number of nitrogens with zero attached hydrogens (tertiary/aromatic N) is 1. The summed E-state index contributed by atoms with van der Waals surface area (Å²) in [6.07, 6.45) is 0.0924. The van der Waals surface area contributed by atoms with Crippen molar-refractivity contribution in [2.24, 2.45) is 11.7 Å². The van der Waals surface area contributed by atoms with Crippen LogP contribution in [-0.4, -0.2) is 49.8 Å². The summed E-state index contributed by atoms with van der Waals surface area (Å²) < 4.78 is 36.8. The summed E-state index contributed by atoms with van der Waals surface area (Å²) in [6.45, 7) is 4.23. The van der Waals surface area contributed by atoms with Crippen LogP contribution in [0, 0.1) is 5.92 Å². The summed E-state index contributed by atoms with van der Waals surface area (Å²) in [5.74, 6) is 0.492. The zero-order chi connectivity index (χ0) is 14.3. The van der Waals surface area contributed by atoms with E-state index >= 15 is 0 Å². The van der Waals surface area contributed by atoms with Crippen molar-refractivity contribution in [1.82, 2.24) is 10.2 Å². The van der Waals surface area contributed by atoms with E-state index in [0.29, 0.717) is 19.0 Å². The van der Waals surface area contributed by atoms with E-state index in [4.69, 9.17) is 5.73 Å². The molecule has 114 valence electrons. The van der Waals surface area contributed by atoms with Crippen molar-refractivity contribution in [2.45, 2.75) is 44.8 Å². The van der Waals surface area contributed by atoms with Gasteiger partial charge in [0.05, 0.1) is 6.54 Å². The standard InChI is InChI=1S/C13H26F3N3/c1-2-3-4-11-7-12(18-10-13(14,15)16)9-19(8-11)6-5-17/h11-12,18H,2-10,17H2,1H3. The third-order valence-electron chi connectivity index (χ3n) is 3.62. The average molecular weight is 281 g/mol. The average Bonchev–Trinajstić information content (AvgIpc) is 2.33. The molecular weight excluding hydrogens is 255 g/mol. The third-order valence-corrected chi connectivity index (χ3v) is 3.62. The highest BCUT2D eigenvalue weighted by Crippen LogP contribution is 2.23. The molecule has 2 atom stereocenters. The maximum atomic E-state index is 12.3. The van der Waals surface area contributed by atoms with E-state index in [9.17, 15) is 13.2 Å². The quantitative estimate of drug-likeness (QED) is 0.750. The summed E-state index contributed by atoms with van der Waals surface area (Å²) in [5.41, 5.74) is 5.55. The molecule has 1 saturated heterocycles. The fourth-order valence-corrected chi connectivity index (χ4v) is 2.78. The Morgan fingerprint density at radius 2 is 2.05 bits per heavy atom. The van der Waals surface area contributed by atoms with Crippen molar-refractivity contribution in [2.75, 3.05) is 32.7 Å². The van der Waals surface area contributed by atoms with Gasteiger partial charge in [-0.05, 0) is 18.8 Å². The molecule has 0 spiro atoms. The van der Waals surface area contributed by atoms with Gasteiger partial charge in [0.2, 0.25) is 0 Å².